The molecule has 0 radical (unpaired) electrons. The molecular formula is C17H14ClF2NO2. The zero-order valence-electron chi connectivity index (χ0n) is 12.0. The molecule has 0 saturated heterocycles. The van der Waals surface area contributed by atoms with Crippen molar-refractivity contribution in [3.05, 3.63) is 70.8 Å². The van der Waals surface area contributed by atoms with E-state index >= 15 is 0 Å². The highest BCUT2D eigenvalue weighted by Gasteiger charge is 2.04. The second kappa shape index (κ2) is 8.29. The van der Waals surface area contributed by atoms with E-state index in [1.54, 1.807) is 36.4 Å². The normalized spacial score (nSPS) is 11.0. The fourth-order valence-electron chi connectivity index (χ4n) is 1.81. The average Bonchev–Trinajstić information content (AvgIpc) is 2.53. The van der Waals surface area contributed by atoms with Crippen LogP contribution in [0.15, 0.2) is 54.6 Å². The molecule has 0 unspecified atom stereocenters. The lowest BCUT2D eigenvalue weighted by Gasteiger charge is -2.06. The third-order valence-corrected chi connectivity index (χ3v) is 3.28. The Morgan fingerprint density at radius 3 is 2.52 bits per heavy atom. The number of ether oxygens (including phenoxy) is 1. The molecule has 0 aliphatic rings. The van der Waals surface area contributed by atoms with E-state index in [0.717, 1.165) is 11.1 Å². The minimum Gasteiger partial charge on any atom is -0.435 e. The fourth-order valence-corrected chi connectivity index (χ4v) is 2.01. The van der Waals surface area contributed by atoms with Gasteiger partial charge < -0.3 is 10.1 Å². The van der Waals surface area contributed by atoms with Crippen LogP contribution in [0.25, 0.3) is 6.08 Å². The van der Waals surface area contributed by atoms with Crippen LogP contribution in [0, 0.1) is 0 Å². The Morgan fingerprint density at radius 2 is 1.87 bits per heavy atom. The molecule has 0 bridgehead atoms. The molecule has 2 rings (SSSR count). The Hall–Kier alpha value is -2.40. The molecule has 6 heteroatoms. The number of carbonyl (C=O) groups excluding carboxylic acids is 1. The molecule has 0 fully saturated rings. The molecule has 0 heterocycles. The molecule has 0 aliphatic carbocycles. The second-order valence-electron chi connectivity index (χ2n) is 4.60. The molecule has 2 aromatic carbocycles. The standard InChI is InChI=1S/C17H14ClF2NO2/c18-15-4-2-1-3-13(15)7-10-16(22)21-11-12-5-8-14(9-6-12)23-17(19)20/h1-10,17H,11H2,(H,21,22)/b10-7+. The minimum atomic E-state index is -2.85. The number of alkyl halides is 2. The van der Waals surface area contributed by atoms with Crippen molar-refractivity contribution in [2.45, 2.75) is 13.2 Å². The van der Waals surface area contributed by atoms with E-state index < -0.39 is 6.61 Å². The zero-order chi connectivity index (χ0) is 16.7. The molecule has 0 saturated carbocycles. The molecule has 2 aromatic rings. The predicted octanol–water partition coefficient (Wildman–Crippen LogP) is 4.27. The third kappa shape index (κ3) is 5.71. The average molecular weight is 338 g/mol. The van der Waals surface area contributed by atoms with Gasteiger partial charge in [-0.1, -0.05) is 41.9 Å². The summed E-state index contributed by atoms with van der Waals surface area (Å²) in [5, 5.41) is 3.25. The molecule has 23 heavy (non-hydrogen) atoms. The van der Waals surface area contributed by atoms with Crippen LogP contribution in [0.4, 0.5) is 8.78 Å². The summed E-state index contributed by atoms with van der Waals surface area (Å²) in [6.07, 6.45) is 3.01. The number of carbonyl (C=O) groups is 1. The van der Waals surface area contributed by atoms with Gasteiger partial charge in [-0.3, -0.25) is 4.79 Å². The number of amides is 1. The van der Waals surface area contributed by atoms with Crippen molar-refractivity contribution in [1.82, 2.24) is 5.32 Å². The van der Waals surface area contributed by atoms with Gasteiger partial charge in [-0.25, -0.2) is 0 Å². The van der Waals surface area contributed by atoms with E-state index in [4.69, 9.17) is 11.6 Å². The van der Waals surface area contributed by atoms with Gasteiger partial charge in [-0.15, -0.1) is 0 Å². The van der Waals surface area contributed by atoms with Gasteiger partial charge >= 0.3 is 6.61 Å². The molecule has 0 atom stereocenters. The van der Waals surface area contributed by atoms with Crippen LogP contribution >= 0.6 is 11.6 Å². The number of nitrogens with one attached hydrogen (secondary N) is 1. The lowest BCUT2D eigenvalue weighted by atomic mass is 10.2. The van der Waals surface area contributed by atoms with Gasteiger partial charge in [0, 0.05) is 17.6 Å². The maximum atomic E-state index is 12.0. The molecule has 0 aromatic heterocycles. The lowest BCUT2D eigenvalue weighted by Crippen LogP contribution is -2.20. The van der Waals surface area contributed by atoms with Crippen LogP contribution in [0.3, 0.4) is 0 Å². The van der Waals surface area contributed by atoms with Crippen molar-refractivity contribution in [2.24, 2.45) is 0 Å². The van der Waals surface area contributed by atoms with Crippen molar-refractivity contribution in [1.29, 1.82) is 0 Å². The Balaban J connectivity index is 1.86. The lowest BCUT2D eigenvalue weighted by molar-refractivity contribution is -0.116. The summed E-state index contributed by atoms with van der Waals surface area (Å²) in [6.45, 7) is -2.57. The minimum absolute atomic E-state index is 0.0775. The van der Waals surface area contributed by atoms with Gasteiger partial charge in [0.15, 0.2) is 0 Å². The molecule has 3 nitrogen and oxygen atoms in total. The monoisotopic (exact) mass is 337 g/mol. The van der Waals surface area contributed by atoms with E-state index in [2.05, 4.69) is 10.1 Å². The summed E-state index contributed by atoms with van der Waals surface area (Å²) < 4.78 is 28.3. The van der Waals surface area contributed by atoms with Gasteiger partial charge in [0.25, 0.3) is 0 Å². The van der Waals surface area contributed by atoms with Gasteiger partial charge in [0.05, 0.1) is 0 Å². The highest BCUT2D eigenvalue weighted by Crippen LogP contribution is 2.16. The van der Waals surface area contributed by atoms with Crippen LogP contribution in [0.2, 0.25) is 5.02 Å². The SMILES string of the molecule is O=C(/C=C/c1ccccc1Cl)NCc1ccc(OC(F)F)cc1. The highest BCUT2D eigenvalue weighted by molar-refractivity contribution is 6.32. The van der Waals surface area contributed by atoms with Crippen molar-refractivity contribution < 1.29 is 18.3 Å². The maximum absolute atomic E-state index is 12.0. The van der Waals surface area contributed by atoms with Gasteiger partial charge in [0.2, 0.25) is 5.91 Å². The van der Waals surface area contributed by atoms with Crippen LogP contribution in [0.1, 0.15) is 11.1 Å². The Morgan fingerprint density at radius 1 is 1.17 bits per heavy atom. The second-order valence-corrected chi connectivity index (χ2v) is 5.00. The van der Waals surface area contributed by atoms with E-state index in [1.807, 2.05) is 6.07 Å². The zero-order valence-corrected chi connectivity index (χ0v) is 12.8. The van der Waals surface area contributed by atoms with Crippen molar-refractivity contribution in [2.75, 3.05) is 0 Å². The molecule has 120 valence electrons. The molecular weight excluding hydrogens is 324 g/mol. The Bertz CT molecular complexity index is 687. The van der Waals surface area contributed by atoms with Crippen molar-refractivity contribution >= 4 is 23.6 Å². The number of benzene rings is 2. The summed E-state index contributed by atoms with van der Waals surface area (Å²) in [5.41, 5.74) is 1.52. The quantitative estimate of drug-likeness (QED) is 0.799. The summed E-state index contributed by atoms with van der Waals surface area (Å²) in [7, 11) is 0. The fraction of sp³-hybridized carbons (Fsp3) is 0.118. The number of hydrogen-bond acceptors (Lipinski definition) is 2. The smallest absolute Gasteiger partial charge is 0.387 e. The third-order valence-electron chi connectivity index (χ3n) is 2.93. The number of rotatable bonds is 6. The van der Waals surface area contributed by atoms with Gasteiger partial charge in [-0.05, 0) is 35.4 Å². The number of hydrogen-bond donors (Lipinski definition) is 1. The molecule has 1 N–H and O–H groups in total. The summed E-state index contributed by atoms with van der Waals surface area (Å²) in [4.78, 5) is 11.7. The number of halogens is 3. The highest BCUT2D eigenvalue weighted by atomic mass is 35.5. The molecule has 0 aliphatic heterocycles. The van der Waals surface area contributed by atoms with E-state index in [-0.39, 0.29) is 18.2 Å². The summed E-state index contributed by atoms with van der Waals surface area (Å²) >= 11 is 5.98. The Labute approximate surface area is 137 Å². The summed E-state index contributed by atoms with van der Waals surface area (Å²) in [5.74, 6) is -0.202. The first-order valence-electron chi connectivity index (χ1n) is 6.79. The van der Waals surface area contributed by atoms with Crippen molar-refractivity contribution in [3.63, 3.8) is 0 Å². The van der Waals surface area contributed by atoms with E-state index in [1.165, 1.54) is 18.2 Å². The van der Waals surface area contributed by atoms with E-state index in [9.17, 15) is 13.6 Å². The van der Waals surface area contributed by atoms with Gasteiger partial charge in [-0.2, -0.15) is 8.78 Å². The largest absolute Gasteiger partial charge is 0.435 e. The first-order chi connectivity index (χ1) is 11.0. The first kappa shape index (κ1) is 17.0. The Kier molecular flexibility index (Phi) is 6.11. The maximum Gasteiger partial charge on any atom is 0.387 e. The predicted molar refractivity (Wildman–Crippen MR) is 85.4 cm³/mol. The van der Waals surface area contributed by atoms with Gasteiger partial charge in [0.1, 0.15) is 5.75 Å². The van der Waals surface area contributed by atoms with Crippen LogP contribution in [-0.2, 0) is 11.3 Å². The first-order valence-corrected chi connectivity index (χ1v) is 7.16. The van der Waals surface area contributed by atoms with Crippen LogP contribution in [0.5, 0.6) is 5.75 Å². The van der Waals surface area contributed by atoms with Crippen LogP contribution < -0.4 is 10.1 Å². The molecule has 0 spiro atoms. The topological polar surface area (TPSA) is 38.3 Å². The van der Waals surface area contributed by atoms with Crippen molar-refractivity contribution in [3.8, 4) is 5.75 Å². The van der Waals surface area contributed by atoms with E-state index in [0.29, 0.717) is 5.02 Å². The summed E-state index contributed by atoms with van der Waals surface area (Å²) in [6, 6.07) is 13.2. The molecule has 1 amide bonds. The van der Waals surface area contributed by atoms with Crippen LogP contribution in [-0.4, -0.2) is 12.5 Å².